The van der Waals surface area contributed by atoms with Crippen molar-refractivity contribution in [3.05, 3.63) is 59.5 Å². The number of esters is 1. The first-order chi connectivity index (χ1) is 14.9. The minimum Gasteiger partial charge on any atom is -0.469 e. The van der Waals surface area contributed by atoms with Gasteiger partial charge in [-0.1, -0.05) is 12.1 Å². The van der Waals surface area contributed by atoms with Gasteiger partial charge in [0.1, 0.15) is 5.76 Å². The second-order valence-corrected chi connectivity index (χ2v) is 7.38. The fourth-order valence-corrected chi connectivity index (χ4v) is 3.53. The van der Waals surface area contributed by atoms with Gasteiger partial charge >= 0.3 is 12.1 Å². The fourth-order valence-electron chi connectivity index (χ4n) is 3.53. The second-order valence-electron chi connectivity index (χ2n) is 7.38. The average molecular weight is 565 g/mol. The predicted octanol–water partition coefficient (Wildman–Crippen LogP) is 4.49. The summed E-state index contributed by atoms with van der Waals surface area (Å²) < 4.78 is 49.1. The summed E-state index contributed by atoms with van der Waals surface area (Å²) in [4.78, 5) is 18.4. The molecule has 2 heterocycles. The van der Waals surface area contributed by atoms with Gasteiger partial charge in [0.05, 0.1) is 31.4 Å². The molecule has 0 saturated carbocycles. The number of likely N-dealkylation sites (tertiary alicyclic amines) is 1. The number of aliphatic imine (C=N–C) groups is 1. The molecule has 2 aromatic rings. The molecule has 0 amide bonds. The van der Waals surface area contributed by atoms with Crippen molar-refractivity contribution in [3.8, 4) is 0 Å². The van der Waals surface area contributed by atoms with Crippen molar-refractivity contribution in [1.29, 1.82) is 0 Å². The van der Waals surface area contributed by atoms with Crippen LogP contribution >= 0.6 is 24.0 Å². The second kappa shape index (κ2) is 12.1. The Morgan fingerprint density at radius 2 is 2.00 bits per heavy atom. The standard InChI is InChI=1S/C22H26F3N3O3.HI/c1-30-20(29)17-8-11-28(12-9-17)21(26-10-7-19-6-3-13-31-19)27-15-16-4-2-5-18(14-16)22(23,24)25;/h2-6,13-14,17H,7-12,15H2,1H3,(H,26,27);1H. The summed E-state index contributed by atoms with van der Waals surface area (Å²) >= 11 is 0. The van der Waals surface area contributed by atoms with Crippen molar-refractivity contribution < 1.29 is 27.1 Å². The van der Waals surface area contributed by atoms with E-state index in [1.54, 1.807) is 12.3 Å². The number of nitrogens with one attached hydrogen (secondary N) is 1. The lowest BCUT2D eigenvalue weighted by Crippen LogP contribution is -2.47. The van der Waals surface area contributed by atoms with Crippen molar-refractivity contribution in [3.63, 3.8) is 0 Å². The number of piperidine rings is 1. The summed E-state index contributed by atoms with van der Waals surface area (Å²) in [6.45, 7) is 1.89. The Morgan fingerprint density at radius 1 is 1.25 bits per heavy atom. The van der Waals surface area contributed by atoms with E-state index in [1.165, 1.54) is 13.2 Å². The first kappa shape index (κ1) is 26.0. The van der Waals surface area contributed by atoms with Crippen LogP contribution in [0.2, 0.25) is 0 Å². The highest BCUT2D eigenvalue weighted by molar-refractivity contribution is 14.0. The quantitative estimate of drug-likeness (QED) is 0.242. The van der Waals surface area contributed by atoms with Crippen LogP contribution in [-0.4, -0.2) is 43.6 Å². The van der Waals surface area contributed by atoms with E-state index in [0.717, 1.165) is 17.9 Å². The molecule has 10 heteroatoms. The number of benzene rings is 1. The monoisotopic (exact) mass is 565 g/mol. The Hall–Kier alpha value is -2.24. The molecule has 1 N–H and O–H groups in total. The molecule has 1 aliphatic heterocycles. The Kier molecular flexibility index (Phi) is 9.85. The first-order valence-electron chi connectivity index (χ1n) is 10.2. The summed E-state index contributed by atoms with van der Waals surface area (Å²) in [5.74, 6) is 1.07. The zero-order valence-electron chi connectivity index (χ0n) is 17.7. The normalized spacial score (nSPS) is 15.2. The van der Waals surface area contributed by atoms with Crippen LogP contribution in [-0.2, 0) is 28.7 Å². The van der Waals surface area contributed by atoms with E-state index in [1.807, 2.05) is 17.0 Å². The minimum absolute atomic E-state index is 0. The van der Waals surface area contributed by atoms with Crippen molar-refractivity contribution in [1.82, 2.24) is 10.2 Å². The summed E-state index contributed by atoms with van der Waals surface area (Å²) in [5.41, 5.74) is -0.212. The summed E-state index contributed by atoms with van der Waals surface area (Å²) in [7, 11) is 1.38. The van der Waals surface area contributed by atoms with Crippen LogP contribution < -0.4 is 5.32 Å². The lowest BCUT2D eigenvalue weighted by molar-refractivity contribution is -0.146. The van der Waals surface area contributed by atoms with E-state index < -0.39 is 11.7 Å². The number of hydrogen-bond acceptors (Lipinski definition) is 4. The van der Waals surface area contributed by atoms with Gasteiger partial charge in [-0.3, -0.25) is 4.79 Å². The van der Waals surface area contributed by atoms with Crippen LogP contribution in [0.5, 0.6) is 0 Å². The summed E-state index contributed by atoms with van der Waals surface area (Å²) in [6.07, 6.45) is -0.867. The summed E-state index contributed by atoms with van der Waals surface area (Å²) in [5, 5.41) is 3.28. The van der Waals surface area contributed by atoms with Gasteiger partial charge in [-0.05, 0) is 42.7 Å². The van der Waals surface area contributed by atoms with Gasteiger partial charge in [-0.15, -0.1) is 24.0 Å². The molecule has 1 saturated heterocycles. The van der Waals surface area contributed by atoms with Gasteiger partial charge in [-0.2, -0.15) is 13.2 Å². The van der Waals surface area contributed by atoms with E-state index in [4.69, 9.17) is 9.15 Å². The Balaban J connectivity index is 0.00000363. The molecule has 32 heavy (non-hydrogen) atoms. The van der Waals surface area contributed by atoms with E-state index in [9.17, 15) is 18.0 Å². The number of methoxy groups -OCH3 is 1. The number of furan rings is 1. The zero-order chi connectivity index (χ0) is 22.3. The number of hydrogen-bond donors (Lipinski definition) is 1. The van der Waals surface area contributed by atoms with Gasteiger partial charge in [0.25, 0.3) is 0 Å². The average Bonchev–Trinajstić information content (AvgIpc) is 3.29. The first-order valence-corrected chi connectivity index (χ1v) is 10.2. The van der Waals surface area contributed by atoms with Crippen molar-refractivity contribution in [2.75, 3.05) is 26.7 Å². The Morgan fingerprint density at radius 3 is 2.62 bits per heavy atom. The number of guanidine groups is 1. The van der Waals surface area contributed by atoms with Crippen LogP contribution in [0, 0.1) is 5.92 Å². The highest BCUT2D eigenvalue weighted by atomic mass is 127. The Labute approximate surface area is 202 Å². The zero-order valence-corrected chi connectivity index (χ0v) is 20.1. The van der Waals surface area contributed by atoms with Crippen LogP contribution in [0.4, 0.5) is 13.2 Å². The maximum absolute atomic E-state index is 13.0. The van der Waals surface area contributed by atoms with Crippen LogP contribution in [0.3, 0.4) is 0 Å². The van der Waals surface area contributed by atoms with Gasteiger partial charge in [-0.25, -0.2) is 4.99 Å². The van der Waals surface area contributed by atoms with Gasteiger partial charge in [0.15, 0.2) is 5.96 Å². The minimum atomic E-state index is -4.39. The van der Waals surface area contributed by atoms with Crippen molar-refractivity contribution in [2.24, 2.45) is 10.9 Å². The fraction of sp³-hybridized carbons (Fsp3) is 0.455. The number of carbonyl (C=O) groups excluding carboxylic acids is 1. The number of alkyl halides is 3. The molecule has 0 aliphatic carbocycles. The topological polar surface area (TPSA) is 67.1 Å². The molecule has 1 aromatic carbocycles. The number of halogens is 4. The molecule has 0 atom stereocenters. The lowest BCUT2D eigenvalue weighted by Gasteiger charge is -2.33. The molecule has 3 rings (SSSR count). The van der Waals surface area contributed by atoms with Crippen LogP contribution in [0.1, 0.15) is 29.7 Å². The maximum atomic E-state index is 13.0. The number of rotatable bonds is 6. The smallest absolute Gasteiger partial charge is 0.416 e. The molecule has 6 nitrogen and oxygen atoms in total. The predicted molar refractivity (Wildman–Crippen MR) is 125 cm³/mol. The van der Waals surface area contributed by atoms with Gasteiger partial charge < -0.3 is 19.4 Å². The molecule has 0 radical (unpaired) electrons. The number of carbonyl (C=O) groups is 1. The molecule has 0 unspecified atom stereocenters. The highest BCUT2D eigenvalue weighted by Gasteiger charge is 2.30. The van der Waals surface area contributed by atoms with Crippen molar-refractivity contribution in [2.45, 2.75) is 32.0 Å². The third-order valence-electron chi connectivity index (χ3n) is 5.23. The van der Waals surface area contributed by atoms with Gasteiger partial charge in [0, 0.05) is 26.1 Å². The van der Waals surface area contributed by atoms with Crippen LogP contribution in [0.15, 0.2) is 52.1 Å². The maximum Gasteiger partial charge on any atom is 0.416 e. The molecule has 1 aliphatic rings. The van der Waals surface area contributed by atoms with Gasteiger partial charge in [0.2, 0.25) is 0 Å². The van der Waals surface area contributed by atoms with Crippen molar-refractivity contribution >= 4 is 35.9 Å². The number of ether oxygens (including phenoxy) is 1. The van der Waals surface area contributed by atoms with E-state index >= 15 is 0 Å². The SMILES string of the molecule is COC(=O)C1CCN(C(=NCc2cccc(C(F)(F)F)c2)NCCc2ccco2)CC1.I. The van der Waals surface area contributed by atoms with E-state index in [2.05, 4.69) is 10.3 Å². The van der Waals surface area contributed by atoms with Crippen LogP contribution in [0.25, 0.3) is 0 Å². The van der Waals surface area contributed by atoms with E-state index in [-0.39, 0.29) is 42.4 Å². The molecule has 1 aromatic heterocycles. The lowest BCUT2D eigenvalue weighted by atomic mass is 9.97. The number of nitrogens with zero attached hydrogens (tertiary/aromatic N) is 2. The molecule has 176 valence electrons. The molecule has 0 bridgehead atoms. The molecular weight excluding hydrogens is 538 g/mol. The largest absolute Gasteiger partial charge is 0.469 e. The molecule has 0 spiro atoms. The molecule has 1 fully saturated rings. The highest BCUT2D eigenvalue weighted by Crippen LogP contribution is 2.29. The third kappa shape index (κ3) is 7.42. The third-order valence-corrected chi connectivity index (χ3v) is 5.23. The molecular formula is C22H27F3IN3O3. The Bertz CT molecular complexity index is 880. The van der Waals surface area contributed by atoms with E-state index in [0.29, 0.717) is 50.4 Å². The summed E-state index contributed by atoms with van der Waals surface area (Å²) in [6, 6.07) is 8.88.